The van der Waals surface area contributed by atoms with E-state index >= 15 is 0 Å². The van der Waals surface area contributed by atoms with E-state index < -0.39 is 0 Å². The summed E-state index contributed by atoms with van der Waals surface area (Å²) in [6.07, 6.45) is 0. The van der Waals surface area contributed by atoms with E-state index in [2.05, 4.69) is 107 Å². The van der Waals surface area contributed by atoms with E-state index in [-0.39, 0.29) is 0 Å². The largest absolute Gasteiger partial charge is 0.456 e. The second kappa shape index (κ2) is 6.59. The molecule has 0 unspecified atom stereocenters. The highest BCUT2D eigenvalue weighted by Crippen LogP contribution is 2.47. The second-order valence-electron chi connectivity index (χ2n) is 8.99. The van der Waals surface area contributed by atoms with Gasteiger partial charge >= 0.3 is 0 Å². The maximum Gasteiger partial charge on any atom is 0.136 e. The molecule has 34 heavy (non-hydrogen) atoms. The summed E-state index contributed by atoms with van der Waals surface area (Å²) in [5.74, 6) is 0. The first-order chi connectivity index (χ1) is 16.8. The Morgan fingerprint density at radius 1 is 0.412 bits per heavy atom. The summed E-state index contributed by atoms with van der Waals surface area (Å²) in [4.78, 5) is 0. The van der Waals surface area contributed by atoms with Crippen molar-refractivity contribution in [2.75, 3.05) is 0 Å². The van der Waals surface area contributed by atoms with Crippen LogP contribution in [0.2, 0.25) is 0 Å². The van der Waals surface area contributed by atoms with Crippen LogP contribution >= 0.6 is 15.9 Å². The van der Waals surface area contributed by atoms with E-state index in [1.165, 1.54) is 59.6 Å². The quantitative estimate of drug-likeness (QED) is 0.162. The van der Waals surface area contributed by atoms with Crippen molar-refractivity contribution in [3.63, 3.8) is 0 Å². The number of fused-ring (bicyclic) bond motifs is 5. The first kappa shape index (κ1) is 18.5. The predicted molar refractivity (Wildman–Crippen MR) is 148 cm³/mol. The Bertz CT molecular complexity index is 2030. The fraction of sp³-hybridized carbons (Fsp3) is 0. The number of halogens is 1. The van der Waals surface area contributed by atoms with Crippen LogP contribution in [0.3, 0.4) is 0 Å². The maximum absolute atomic E-state index is 6.21. The first-order valence-electron chi connectivity index (χ1n) is 11.5. The van der Waals surface area contributed by atoms with Gasteiger partial charge in [-0.2, -0.15) is 0 Å². The molecule has 158 valence electrons. The van der Waals surface area contributed by atoms with Crippen LogP contribution in [0.4, 0.5) is 0 Å². The zero-order valence-electron chi connectivity index (χ0n) is 18.1. The molecule has 0 fully saturated rings. The smallest absolute Gasteiger partial charge is 0.136 e. The van der Waals surface area contributed by atoms with E-state index in [1.807, 2.05) is 12.1 Å². The summed E-state index contributed by atoms with van der Waals surface area (Å²) in [5, 5.41) is 12.7. The summed E-state index contributed by atoms with van der Waals surface area (Å²) in [6.45, 7) is 0. The van der Waals surface area contributed by atoms with Gasteiger partial charge < -0.3 is 4.42 Å². The van der Waals surface area contributed by atoms with Gasteiger partial charge in [-0.3, -0.25) is 0 Å². The van der Waals surface area contributed by atoms with Crippen molar-refractivity contribution in [3.8, 4) is 11.1 Å². The molecule has 0 bridgehead atoms. The highest BCUT2D eigenvalue weighted by atomic mass is 79.9. The molecule has 7 aromatic carbocycles. The number of benzene rings is 7. The summed E-state index contributed by atoms with van der Waals surface area (Å²) < 4.78 is 7.32. The predicted octanol–water partition coefficient (Wildman–Crippen LogP) is 10.1. The van der Waals surface area contributed by atoms with Gasteiger partial charge in [0.15, 0.2) is 0 Å². The van der Waals surface area contributed by atoms with Crippen LogP contribution in [-0.4, -0.2) is 0 Å². The van der Waals surface area contributed by atoms with Gasteiger partial charge in [0.05, 0.1) is 0 Å². The average molecular weight is 497 g/mol. The molecule has 0 aliphatic rings. The standard InChI is InChI=1S/C32H17BrO/c33-26-17-16-23-20-10-4-7-18-6-3-9-19(29(18)20)22-14-15-24(32(26)31(22)23)21-11-5-13-28-30(21)25-8-1-2-12-27(25)34-28/h1-17H. The lowest BCUT2D eigenvalue weighted by Crippen LogP contribution is -1.90. The molecule has 2 heteroatoms. The minimum absolute atomic E-state index is 0.922. The minimum atomic E-state index is 0.922. The molecule has 0 amide bonds. The van der Waals surface area contributed by atoms with Crippen molar-refractivity contribution in [2.45, 2.75) is 0 Å². The lowest BCUT2D eigenvalue weighted by molar-refractivity contribution is 0.669. The Morgan fingerprint density at radius 3 is 1.85 bits per heavy atom. The Balaban J connectivity index is 1.61. The van der Waals surface area contributed by atoms with Gasteiger partial charge in [0, 0.05) is 20.6 Å². The van der Waals surface area contributed by atoms with Crippen molar-refractivity contribution in [1.82, 2.24) is 0 Å². The van der Waals surface area contributed by atoms with Gasteiger partial charge in [0.1, 0.15) is 11.2 Å². The molecule has 8 aromatic rings. The van der Waals surface area contributed by atoms with Crippen LogP contribution in [-0.2, 0) is 0 Å². The molecule has 0 radical (unpaired) electrons. The number of para-hydroxylation sites is 1. The number of hydrogen-bond donors (Lipinski definition) is 0. The van der Waals surface area contributed by atoms with Gasteiger partial charge in [0.25, 0.3) is 0 Å². The third-order valence-electron chi connectivity index (χ3n) is 7.29. The topological polar surface area (TPSA) is 13.1 Å². The third kappa shape index (κ3) is 2.29. The normalized spacial score (nSPS) is 12.3. The highest BCUT2D eigenvalue weighted by molar-refractivity contribution is 9.10. The van der Waals surface area contributed by atoms with Crippen LogP contribution in [0.25, 0.3) is 76.2 Å². The fourth-order valence-electron chi connectivity index (χ4n) is 5.92. The zero-order chi connectivity index (χ0) is 22.4. The maximum atomic E-state index is 6.21. The zero-order valence-corrected chi connectivity index (χ0v) is 19.7. The SMILES string of the molecule is Brc1ccc2c3cccc4cccc(c5ccc(-c6cccc7oc8ccccc8c67)c1c25)c43. The second-order valence-corrected chi connectivity index (χ2v) is 9.85. The third-order valence-corrected chi connectivity index (χ3v) is 7.95. The van der Waals surface area contributed by atoms with Crippen molar-refractivity contribution in [3.05, 3.63) is 108 Å². The van der Waals surface area contributed by atoms with Crippen LogP contribution in [0.5, 0.6) is 0 Å². The lowest BCUT2D eigenvalue weighted by Gasteiger charge is -2.18. The molecule has 0 aliphatic carbocycles. The molecular formula is C32H17BrO. The molecule has 0 spiro atoms. The fourth-order valence-corrected chi connectivity index (χ4v) is 6.46. The molecule has 0 N–H and O–H groups in total. The molecule has 1 nitrogen and oxygen atoms in total. The number of hydrogen-bond acceptors (Lipinski definition) is 1. The molecule has 0 aliphatic heterocycles. The Hall–Kier alpha value is -3.88. The van der Waals surface area contributed by atoms with Gasteiger partial charge in [-0.1, -0.05) is 101 Å². The van der Waals surface area contributed by atoms with Crippen LogP contribution in [0.15, 0.2) is 112 Å². The van der Waals surface area contributed by atoms with E-state index in [4.69, 9.17) is 4.42 Å². The van der Waals surface area contributed by atoms with E-state index in [9.17, 15) is 0 Å². The molecule has 8 rings (SSSR count). The molecule has 0 saturated carbocycles. The minimum Gasteiger partial charge on any atom is -0.456 e. The summed E-state index contributed by atoms with van der Waals surface area (Å²) >= 11 is 3.92. The van der Waals surface area contributed by atoms with E-state index in [0.717, 1.165) is 21.0 Å². The molecule has 1 aromatic heterocycles. The Labute approximate surface area is 203 Å². The van der Waals surface area contributed by atoms with Crippen LogP contribution in [0.1, 0.15) is 0 Å². The molecule has 0 atom stereocenters. The molecule has 1 heterocycles. The summed E-state index contributed by atoms with van der Waals surface area (Å²) in [7, 11) is 0. The van der Waals surface area contributed by atoms with Gasteiger partial charge in [-0.25, -0.2) is 0 Å². The van der Waals surface area contributed by atoms with Crippen LogP contribution < -0.4 is 0 Å². The first-order valence-corrected chi connectivity index (χ1v) is 12.3. The van der Waals surface area contributed by atoms with Crippen LogP contribution in [0, 0.1) is 0 Å². The average Bonchev–Trinajstić information content (AvgIpc) is 3.27. The monoisotopic (exact) mass is 496 g/mol. The summed E-state index contributed by atoms with van der Waals surface area (Å²) in [6, 6.07) is 37.0. The number of rotatable bonds is 1. The molecule has 0 saturated heterocycles. The Morgan fingerprint density at radius 2 is 1.03 bits per heavy atom. The Kier molecular flexibility index (Phi) is 3.59. The summed E-state index contributed by atoms with van der Waals surface area (Å²) in [5.41, 5.74) is 4.26. The van der Waals surface area contributed by atoms with Crippen molar-refractivity contribution in [2.24, 2.45) is 0 Å². The molecular weight excluding hydrogens is 480 g/mol. The van der Waals surface area contributed by atoms with E-state index in [1.54, 1.807) is 0 Å². The number of furan rings is 1. The highest BCUT2D eigenvalue weighted by Gasteiger charge is 2.19. The van der Waals surface area contributed by atoms with E-state index in [0.29, 0.717) is 0 Å². The van der Waals surface area contributed by atoms with Crippen molar-refractivity contribution in [1.29, 1.82) is 0 Å². The van der Waals surface area contributed by atoms with Gasteiger partial charge in [0.2, 0.25) is 0 Å². The lowest BCUT2D eigenvalue weighted by atomic mass is 9.86. The van der Waals surface area contributed by atoms with Gasteiger partial charge in [-0.05, 0) is 67.0 Å². The van der Waals surface area contributed by atoms with Crippen molar-refractivity contribution >= 4 is 81.0 Å². The van der Waals surface area contributed by atoms with Gasteiger partial charge in [-0.15, -0.1) is 0 Å². The van der Waals surface area contributed by atoms with Crippen molar-refractivity contribution < 1.29 is 4.42 Å².